The summed E-state index contributed by atoms with van der Waals surface area (Å²) >= 11 is 1.40. The lowest BCUT2D eigenvalue weighted by molar-refractivity contribution is -0.124. The van der Waals surface area contributed by atoms with Crippen LogP contribution in [-0.4, -0.2) is 55.3 Å². The molecule has 2 aliphatic rings. The molecule has 3 amide bonds. The van der Waals surface area contributed by atoms with Crippen molar-refractivity contribution >= 4 is 34.1 Å². The Balaban J connectivity index is 1.38. The first-order chi connectivity index (χ1) is 14.6. The molecule has 9 nitrogen and oxygen atoms in total. The molecule has 30 heavy (non-hydrogen) atoms. The molecule has 1 unspecified atom stereocenters. The van der Waals surface area contributed by atoms with E-state index in [-0.39, 0.29) is 11.9 Å². The number of methoxy groups -OCH3 is 2. The van der Waals surface area contributed by atoms with Gasteiger partial charge in [0.2, 0.25) is 0 Å². The van der Waals surface area contributed by atoms with Gasteiger partial charge in [-0.05, 0) is 25.0 Å². The number of benzene rings is 1. The lowest BCUT2D eigenvalue weighted by atomic mass is 10.2. The average molecular weight is 433 g/mol. The largest absolute Gasteiger partial charge is 0.493 e. The number of urea groups is 1. The van der Waals surface area contributed by atoms with Crippen LogP contribution in [0.15, 0.2) is 18.2 Å². The summed E-state index contributed by atoms with van der Waals surface area (Å²) in [5, 5.41) is 6.30. The molecule has 2 aliphatic heterocycles. The minimum absolute atomic E-state index is 0.151. The molecule has 1 saturated heterocycles. The number of fused-ring (bicyclic) bond motifs is 1. The van der Waals surface area contributed by atoms with Gasteiger partial charge in [-0.3, -0.25) is 10.1 Å². The lowest BCUT2D eigenvalue weighted by Gasteiger charge is -2.26. The van der Waals surface area contributed by atoms with Gasteiger partial charge < -0.3 is 24.4 Å². The standard InChI is InChI=1S/C20H24N4O5S/c1-27-14-6-5-12(10-16(14)28-2)21-20(26)24-8-7-13-17(11-24)30-19(22-13)23-18(25)15-4-3-9-29-15/h5-6,10,15H,3-4,7-9,11H2,1-2H3,(H,21,26)(H,22,23,25). The van der Waals surface area contributed by atoms with E-state index in [1.54, 1.807) is 37.3 Å². The molecule has 160 valence electrons. The number of thiazole rings is 1. The van der Waals surface area contributed by atoms with Crippen molar-refractivity contribution < 1.29 is 23.8 Å². The highest BCUT2D eigenvalue weighted by atomic mass is 32.1. The van der Waals surface area contributed by atoms with E-state index in [1.165, 1.54) is 11.3 Å². The van der Waals surface area contributed by atoms with Crippen LogP contribution in [0.3, 0.4) is 0 Å². The zero-order valence-corrected chi connectivity index (χ0v) is 17.7. The number of anilines is 2. The fraction of sp³-hybridized carbons (Fsp3) is 0.450. The van der Waals surface area contributed by atoms with E-state index in [0.717, 1.165) is 23.4 Å². The van der Waals surface area contributed by atoms with Crippen LogP contribution in [0.4, 0.5) is 15.6 Å². The second-order valence-corrected chi connectivity index (χ2v) is 8.13. The third-order valence-corrected chi connectivity index (χ3v) is 6.10. The fourth-order valence-electron chi connectivity index (χ4n) is 3.51. The van der Waals surface area contributed by atoms with Gasteiger partial charge in [-0.15, -0.1) is 0 Å². The Hall–Kier alpha value is -2.85. The van der Waals surface area contributed by atoms with Crippen molar-refractivity contribution in [1.29, 1.82) is 0 Å². The SMILES string of the molecule is COc1ccc(NC(=O)N2CCc3nc(NC(=O)C4CCCO4)sc3C2)cc1OC. The van der Waals surface area contributed by atoms with E-state index < -0.39 is 6.10 Å². The van der Waals surface area contributed by atoms with Crippen molar-refractivity contribution in [3.63, 3.8) is 0 Å². The second kappa shape index (κ2) is 8.88. The summed E-state index contributed by atoms with van der Waals surface area (Å²) in [4.78, 5) is 32.2. The maximum absolute atomic E-state index is 12.7. The topological polar surface area (TPSA) is 102 Å². The summed E-state index contributed by atoms with van der Waals surface area (Å²) in [6.07, 6.45) is 1.88. The molecule has 2 N–H and O–H groups in total. The van der Waals surface area contributed by atoms with Gasteiger partial charge in [0.25, 0.3) is 5.91 Å². The van der Waals surface area contributed by atoms with E-state index in [2.05, 4.69) is 15.6 Å². The number of ether oxygens (including phenoxy) is 3. The van der Waals surface area contributed by atoms with E-state index in [9.17, 15) is 9.59 Å². The number of rotatable bonds is 5. The van der Waals surface area contributed by atoms with Crippen LogP contribution < -0.4 is 20.1 Å². The van der Waals surface area contributed by atoms with Crippen molar-refractivity contribution in [2.24, 2.45) is 0 Å². The van der Waals surface area contributed by atoms with Crippen LogP contribution in [-0.2, 0) is 22.5 Å². The van der Waals surface area contributed by atoms with Crippen LogP contribution in [0.25, 0.3) is 0 Å². The number of hydrogen-bond acceptors (Lipinski definition) is 7. The quantitative estimate of drug-likeness (QED) is 0.753. The van der Waals surface area contributed by atoms with Gasteiger partial charge in [-0.1, -0.05) is 11.3 Å². The van der Waals surface area contributed by atoms with Crippen molar-refractivity contribution in [2.45, 2.75) is 31.9 Å². The Morgan fingerprint density at radius 1 is 1.23 bits per heavy atom. The van der Waals surface area contributed by atoms with Crippen molar-refractivity contribution in [2.75, 3.05) is 38.0 Å². The molecule has 10 heteroatoms. The molecule has 0 bridgehead atoms. The first-order valence-electron chi connectivity index (χ1n) is 9.76. The maximum Gasteiger partial charge on any atom is 0.322 e. The maximum atomic E-state index is 12.7. The van der Waals surface area contributed by atoms with E-state index in [1.807, 2.05) is 0 Å². The minimum Gasteiger partial charge on any atom is -0.493 e. The fourth-order valence-corrected chi connectivity index (χ4v) is 4.54. The Bertz CT molecular complexity index is 941. The third-order valence-electron chi connectivity index (χ3n) is 5.11. The van der Waals surface area contributed by atoms with E-state index >= 15 is 0 Å². The van der Waals surface area contributed by atoms with E-state index in [0.29, 0.717) is 48.4 Å². The first-order valence-corrected chi connectivity index (χ1v) is 10.6. The van der Waals surface area contributed by atoms with Crippen LogP contribution in [0.1, 0.15) is 23.4 Å². The van der Waals surface area contributed by atoms with Crippen LogP contribution in [0, 0.1) is 0 Å². The smallest absolute Gasteiger partial charge is 0.322 e. The molecule has 0 aliphatic carbocycles. The van der Waals surface area contributed by atoms with Gasteiger partial charge in [0.1, 0.15) is 6.10 Å². The van der Waals surface area contributed by atoms with Crippen molar-refractivity contribution in [3.8, 4) is 11.5 Å². The molecule has 0 saturated carbocycles. The molecular formula is C20H24N4O5S. The highest BCUT2D eigenvalue weighted by Crippen LogP contribution is 2.31. The molecule has 2 aromatic rings. The lowest BCUT2D eigenvalue weighted by Crippen LogP contribution is -2.38. The molecule has 1 fully saturated rings. The zero-order chi connectivity index (χ0) is 21.1. The number of carbonyl (C=O) groups is 2. The molecule has 1 atom stereocenters. The Morgan fingerprint density at radius 3 is 2.80 bits per heavy atom. The van der Waals surface area contributed by atoms with Gasteiger partial charge in [0.15, 0.2) is 16.6 Å². The molecule has 3 heterocycles. The number of amides is 3. The monoisotopic (exact) mass is 432 g/mol. The minimum atomic E-state index is -0.394. The summed E-state index contributed by atoms with van der Waals surface area (Å²) in [5.41, 5.74) is 1.55. The van der Waals surface area contributed by atoms with Crippen molar-refractivity contribution in [3.05, 3.63) is 28.8 Å². The molecule has 1 aromatic carbocycles. The molecule has 0 radical (unpaired) electrons. The van der Waals surface area contributed by atoms with Crippen molar-refractivity contribution in [1.82, 2.24) is 9.88 Å². The number of nitrogens with one attached hydrogen (secondary N) is 2. The highest BCUT2D eigenvalue weighted by molar-refractivity contribution is 7.15. The van der Waals surface area contributed by atoms with Gasteiger partial charge in [0.05, 0.1) is 26.5 Å². The molecular weight excluding hydrogens is 408 g/mol. The summed E-state index contributed by atoms with van der Waals surface area (Å²) in [5.74, 6) is 0.993. The Kier molecular flexibility index (Phi) is 6.05. The van der Waals surface area contributed by atoms with E-state index in [4.69, 9.17) is 14.2 Å². The zero-order valence-electron chi connectivity index (χ0n) is 16.9. The third kappa shape index (κ3) is 4.34. The van der Waals surface area contributed by atoms with Gasteiger partial charge in [0, 0.05) is 36.2 Å². The summed E-state index contributed by atoms with van der Waals surface area (Å²) in [6, 6.07) is 5.03. The predicted octanol–water partition coefficient (Wildman–Crippen LogP) is 2.87. The highest BCUT2D eigenvalue weighted by Gasteiger charge is 2.27. The number of hydrogen-bond donors (Lipinski definition) is 2. The van der Waals surface area contributed by atoms with Gasteiger partial charge in [-0.2, -0.15) is 0 Å². The Labute approximate surface area is 178 Å². The average Bonchev–Trinajstić information content (AvgIpc) is 3.42. The number of aromatic nitrogens is 1. The first kappa shape index (κ1) is 20.4. The summed E-state index contributed by atoms with van der Waals surface area (Å²) in [6.45, 7) is 1.62. The second-order valence-electron chi connectivity index (χ2n) is 7.05. The van der Waals surface area contributed by atoms with Gasteiger partial charge >= 0.3 is 6.03 Å². The number of nitrogens with zero attached hydrogens (tertiary/aromatic N) is 2. The Morgan fingerprint density at radius 2 is 2.07 bits per heavy atom. The summed E-state index contributed by atoms with van der Waals surface area (Å²) in [7, 11) is 3.11. The van der Waals surface area contributed by atoms with Gasteiger partial charge in [-0.25, -0.2) is 9.78 Å². The molecule has 1 aromatic heterocycles. The van der Waals surface area contributed by atoms with Crippen LogP contribution in [0.5, 0.6) is 11.5 Å². The molecule has 4 rings (SSSR count). The number of carbonyl (C=O) groups excluding carboxylic acids is 2. The normalized spacial score (nSPS) is 17.9. The van der Waals surface area contributed by atoms with Crippen LogP contribution in [0.2, 0.25) is 0 Å². The predicted molar refractivity (Wildman–Crippen MR) is 112 cm³/mol. The van der Waals surface area contributed by atoms with Crippen LogP contribution >= 0.6 is 11.3 Å². The summed E-state index contributed by atoms with van der Waals surface area (Å²) < 4.78 is 15.9. The molecule has 0 spiro atoms.